The molecule has 0 aliphatic heterocycles. The van der Waals surface area contributed by atoms with Crippen LogP contribution >= 0.6 is 15.9 Å². The molecule has 1 aromatic rings. The SMILES string of the molecule is C/C(=C/C(=O)c1cc(F)c(Br)cc1F)NC1CC1. The van der Waals surface area contributed by atoms with E-state index >= 15 is 0 Å². The Balaban J connectivity index is 2.19. The molecule has 0 aromatic heterocycles. The molecule has 96 valence electrons. The minimum absolute atomic E-state index is 0.00774. The molecule has 1 aliphatic rings. The zero-order valence-corrected chi connectivity index (χ0v) is 11.4. The first-order chi connectivity index (χ1) is 8.47. The molecule has 0 heterocycles. The van der Waals surface area contributed by atoms with Gasteiger partial charge in [0.2, 0.25) is 0 Å². The number of hydrogen-bond donors (Lipinski definition) is 1. The summed E-state index contributed by atoms with van der Waals surface area (Å²) in [5.74, 6) is -1.92. The highest BCUT2D eigenvalue weighted by Gasteiger charge is 2.21. The van der Waals surface area contributed by atoms with Gasteiger partial charge in [-0.25, -0.2) is 8.78 Å². The molecule has 1 aliphatic carbocycles. The van der Waals surface area contributed by atoms with E-state index in [1.54, 1.807) is 6.92 Å². The molecule has 2 nitrogen and oxygen atoms in total. The summed E-state index contributed by atoms with van der Waals surface area (Å²) in [5, 5.41) is 3.11. The van der Waals surface area contributed by atoms with Gasteiger partial charge in [-0.05, 0) is 47.8 Å². The van der Waals surface area contributed by atoms with Crippen LogP contribution in [-0.4, -0.2) is 11.8 Å². The van der Waals surface area contributed by atoms with Gasteiger partial charge in [0.1, 0.15) is 11.6 Å². The van der Waals surface area contributed by atoms with Crippen LogP contribution in [0.3, 0.4) is 0 Å². The predicted molar refractivity (Wildman–Crippen MR) is 68.3 cm³/mol. The number of carbonyl (C=O) groups excluding carboxylic acids is 1. The molecule has 18 heavy (non-hydrogen) atoms. The minimum Gasteiger partial charge on any atom is -0.386 e. The molecule has 0 radical (unpaired) electrons. The van der Waals surface area contributed by atoms with Gasteiger partial charge < -0.3 is 5.32 Å². The first kappa shape index (κ1) is 13.2. The summed E-state index contributed by atoms with van der Waals surface area (Å²) < 4.78 is 26.8. The van der Waals surface area contributed by atoms with Crippen molar-refractivity contribution in [3.8, 4) is 0 Å². The van der Waals surface area contributed by atoms with E-state index < -0.39 is 17.4 Å². The monoisotopic (exact) mass is 315 g/mol. The lowest BCUT2D eigenvalue weighted by molar-refractivity contribution is 0.104. The lowest BCUT2D eigenvalue weighted by Gasteiger charge is -2.05. The number of halogens is 3. The first-order valence-electron chi connectivity index (χ1n) is 5.61. The zero-order valence-electron chi connectivity index (χ0n) is 9.77. The maximum absolute atomic E-state index is 13.5. The zero-order chi connectivity index (χ0) is 13.3. The number of carbonyl (C=O) groups is 1. The summed E-state index contributed by atoms with van der Waals surface area (Å²) in [5.41, 5.74) is 0.415. The molecule has 5 heteroatoms. The number of hydrogen-bond acceptors (Lipinski definition) is 2. The summed E-state index contributed by atoms with van der Waals surface area (Å²) in [6.07, 6.45) is 3.46. The Kier molecular flexibility index (Phi) is 3.80. The van der Waals surface area contributed by atoms with Crippen molar-refractivity contribution in [2.45, 2.75) is 25.8 Å². The first-order valence-corrected chi connectivity index (χ1v) is 6.40. The normalized spacial score (nSPS) is 15.7. The van der Waals surface area contributed by atoms with E-state index in [1.807, 2.05) is 0 Å². The summed E-state index contributed by atoms with van der Waals surface area (Å²) in [6.45, 7) is 1.74. The molecular weight excluding hydrogens is 304 g/mol. The fraction of sp³-hybridized carbons (Fsp3) is 0.308. The van der Waals surface area contributed by atoms with Crippen molar-refractivity contribution in [1.82, 2.24) is 5.32 Å². The molecular formula is C13H12BrF2NO. The largest absolute Gasteiger partial charge is 0.386 e. The lowest BCUT2D eigenvalue weighted by atomic mass is 10.1. The van der Waals surface area contributed by atoms with Crippen LogP contribution in [0.4, 0.5) is 8.78 Å². The summed E-state index contributed by atoms with van der Waals surface area (Å²) in [7, 11) is 0. The second kappa shape index (κ2) is 5.18. The Bertz CT molecular complexity index is 524. The molecule has 1 N–H and O–H groups in total. The van der Waals surface area contributed by atoms with Gasteiger partial charge in [-0.3, -0.25) is 4.79 Å². The van der Waals surface area contributed by atoms with E-state index in [2.05, 4.69) is 21.2 Å². The van der Waals surface area contributed by atoms with Gasteiger partial charge in [0, 0.05) is 17.8 Å². The van der Waals surface area contributed by atoms with Crippen molar-refractivity contribution in [2.75, 3.05) is 0 Å². The van der Waals surface area contributed by atoms with Gasteiger partial charge in [-0.2, -0.15) is 0 Å². The highest BCUT2D eigenvalue weighted by molar-refractivity contribution is 9.10. The molecule has 0 saturated heterocycles. The number of allylic oxidation sites excluding steroid dienone is 2. The third kappa shape index (κ3) is 3.16. The molecule has 0 spiro atoms. The van der Waals surface area contributed by atoms with Crippen molar-refractivity contribution < 1.29 is 13.6 Å². The molecule has 1 aromatic carbocycles. The van der Waals surface area contributed by atoms with Gasteiger partial charge in [0.05, 0.1) is 10.0 Å². The number of rotatable bonds is 4. The van der Waals surface area contributed by atoms with Crippen molar-refractivity contribution >= 4 is 21.7 Å². The highest BCUT2D eigenvalue weighted by atomic mass is 79.9. The average Bonchev–Trinajstić information content (AvgIpc) is 3.06. The van der Waals surface area contributed by atoms with Crippen LogP contribution < -0.4 is 5.32 Å². The van der Waals surface area contributed by atoms with E-state index in [9.17, 15) is 13.6 Å². The van der Waals surface area contributed by atoms with E-state index in [1.165, 1.54) is 6.08 Å². The summed E-state index contributed by atoms with van der Waals surface area (Å²) in [4.78, 5) is 11.8. The molecule has 1 saturated carbocycles. The fourth-order valence-corrected chi connectivity index (χ4v) is 1.89. The van der Waals surface area contributed by atoms with Crippen molar-refractivity contribution in [2.24, 2.45) is 0 Å². The summed E-state index contributed by atoms with van der Waals surface area (Å²) >= 11 is 2.87. The molecule has 0 unspecified atom stereocenters. The van der Waals surface area contributed by atoms with Crippen LogP contribution in [0.1, 0.15) is 30.1 Å². The average molecular weight is 316 g/mol. The van der Waals surface area contributed by atoms with E-state index in [0.717, 1.165) is 25.0 Å². The maximum atomic E-state index is 13.5. The Morgan fingerprint density at radius 1 is 1.39 bits per heavy atom. The summed E-state index contributed by atoms with van der Waals surface area (Å²) in [6, 6.07) is 2.28. The maximum Gasteiger partial charge on any atom is 0.190 e. The van der Waals surface area contributed by atoms with Crippen molar-refractivity contribution in [3.63, 3.8) is 0 Å². The third-order valence-electron chi connectivity index (χ3n) is 2.63. The van der Waals surface area contributed by atoms with Gasteiger partial charge in [-0.15, -0.1) is 0 Å². The Morgan fingerprint density at radius 2 is 2.06 bits per heavy atom. The second-order valence-corrected chi connectivity index (χ2v) is 5.21. The van der Waals surface area contributed by atoms with E-state index in [0.29, 0.717) is 11.7 Å². The topological polar surface area (TPSA) is 29.1 Å². The van der Waals surface area contributed by atoms with Gasteiger partial charge in [0.25, 0.3) is 0 Å². The highest BCUT2D eigenvalue weighted by Crippen LogP contribution is 2.22. The standard InChI is InChI=1S/C13H12BrF2NO/c1-7(17-8-2-3-8)4-13(18)9-5-12(16)10(14)6-11(9)15/h4-6,8,17H,2-3H2,1H3/b7-4-. The van der Waals surface area contributed by atoms with Crippen LogP contribution in [0.25, 0.3) is 0 Å². The van der Waals surface area contributed by atoms with Gasteiger partial charge in [-0.1, -0.05) is 0 Å². The Morgan fingerprint density at radius 3 is 2.67 bits per heavy atom. The fourth-order valence-electron chi connectivity index (χ4n) is 1.58. The van der Waals surface area contributed by atoms with Gasteiger partial charge >= 0.3 is 0 Å². The Labute approximate surface area is 112 Å². The third-order valence-corrected chi connectivity index (χ3v) is 3.24. The molecule has 0 atom stereocenters. The minimum atomic E-state index is -0.733. The van der Waals surface area contributed by atoms with Crippen LogP contribution in [0.5, 0.6) is 0 Å². The smallest absolute Gasteiger partial charge is 0.190 e. The van der Waals surface area contributed by atoms with Gasteiger partial charge in [0.15, 0.2) is 5.78 Å². The predicted octanol–water partition coefficient (Wildman–Crippen LogP) is 3.57. The lowest BCUT2D eigenvalue weighted by Crippen LogP contribution is -2.15. The van der Waals surface area contributed by atoms with Crippen LogP contribution in [0, 0.1) is 11.6 Å². The van der Waals surface area contributed by atoms with Crippen LogP contribution in [0.2, 0.25) is 0 Å². The Hall–Kier alpha value is -1.23. The quantitative estimate of drug-likeness (QED) is 0.523. The van der Waals surface area contributed by atoms with Crippen molar-refractivity contribution in [1.29, 1.82) is 0 Å². The number of nitrogens with one attached hydrogen (secondary N) is 1. The molecule has 1 fully saturated rings. The molecule has 2 rings (SSSR count). The van der Waals surface area contributed by atoms with Crippen LogP contribution in [-0.2, 0) is 0 Å². The molecule has 0 amide bonds. The van der Waals surface area contributed by atoms with E-state index in [-0.39, 0.29) is 10.0 Å². The van der Waals surface area contributed by atoms with Crippen molar-refractivity contribution in [3.05, 3.63) is 45.6 Å². The van der Waals surface area contributed by atoms with E-state index in [4.69, 9.17) is 0 Å². The molecule has 0 bridgehead atoms. The second-order valence-electron chi connectivity index (χ2n) is 4.36. The van der Waals surface area contributed by atoms with Crippen LogP contribution in [0.15, 0.2) is 28.4 Å². The number of ketones is 1. The number of benzene rings is 1.